The van der Waals surface area contributed by atoms with E-state index in [1.807, 2.05) is 0 Å². The average Bonchev–Trinajstić information content (AvgIpc) is 2.38. The third-order valence-electron chi connectivity index (χ3n) is 3.15. The lowest BCUT2D eigenvalue weighted by Crippen LogP contribution is -2.52. The second-order valence-corrected chi connectivity index (χ2v) is 6.81. The van der Waals surface area contributed by atoms with Gasteiger partial charge in [0.2, 0.25) is 10.0 Å². The Morgan fingerprint density at radius 2 is 2.20 bits per heavy atom. The van der Waals surface area contributed by atoms with Crippen LogP contribution in [0.25, 0.3) is 0 Å². The first-order valence-corrected chi connectivity index (χ1v) is 7.82. The summed E-state index contributed by atoms with van der Waals surface area (Å²) in [4.78, 5) is 9.93. The molecule has 1 saturated heterocycles. The van der Waals surface area contributed by atoms with E-state index in [4.69, 9.17) is 11.6 Å². The first-order valence-electron chi connectivity index (χ1n) is 6.00. The standard InChI is InChI=1S/C11H14ClN3O4S/c1-8-7-13-4-5-14(8)20(18,19)11-3-2-9(15(16)17)6-10(11)12/h2-3,6,8,13H,4-5,7H2,1H3. The van der Waals surface area contributed by atoms with Gasteiger partial charge in [-0.25, -0.2) is 8.42 Å². The molecule has 1 unspecified atom stereocenters. The molecule has 0 amide bonds. The van der Waals surface area contributed by atoms with Crippen LogP contribution < -0.4 is 5.32 Å². The van der Waals surface area contributed by atoms with Gasteiger partial charge in [0.05, 0.1) is 9.95 Å². The Kier molecular flexibility index (Phi) is 4.28. The Morgan fingerprint density at radius 1 is 1.50 bits per heavy atom. The van der Waals surface area contributed by atoms with E-state index in [1.54, 1.807) is 6.92 Å². The number of non-ortho nitro benzene ring substituents is 1. The van der Waals surface area contributed by atoms with Crippen molar-refractivity contribution in [3.05, 3.63) is 33.3 Å². The summed E-state index contributed by atoms with van der Waals surface area (Å²) in [6.45, 7) is 3.26. The summed E-state index contributed by atoms with van der Waals surface area (Å²) in [5.41, 5.74) is -0.234. The molecule has 2 rings (SSSR count). The van der Waals surface area contributed by atoms with Gasteiger partial charge in [0.25, 0.3) is 5.69 Å². The summed E-state index contributed by atoms with van der Waals surface area (Å²) in [7, 11) is -3.75. The molecule has 0 radical (unpaired) electrons. The van der Waals surface area contributed by atoms with Crippen LogP contribution >= 0.6 is 11.6 Å². The van der Waals surface area contributed by atoms with Crippen molar-refractivity contribution >= 4 is 27.3 Å². The number of piperazine rings is 1. The summed E-state index contributed by atoms with van der Waals surface area (Å²) < 4.78 is 26.4. The van der Waals surface area contributed by atoms with Crippen molar-refractivity contribution in [3.8, 4) is 0 Å². The van der Waals surface area contributed by atoms with E-state index in [0.29, 0.717) is 19.6 Å². The fraction of sp³-hybridized carbons (Fsp3) is 0.455. The average molecular weight is 320 g/mol. The molecule has 1 atom stereocenters. The Hall–Kier alpha value is -1.22. The molecule has 1 aliphatic heterocycles. The van der Waals surface area contributed by atoms with Crippen molar-refractivity contribution in [3.63, 3.8) is 0 Å². The normalized spacial score (nSPS) is 20.8. The molecule has 1 N–H and O–H groups in total. The molecular formula is C11H14ClN3O4S. The predicted octanol–water partition coefficient (Wildman–Crippen LogP) is 1.23. The van der Waals surface area contributed by atoms with Gasteiger partial charge in [-0.15, -0.1) is 0 Å². The van der Waals surface area contributed by atoms with E-state index in [-0.39, 0.29) is 21.6 Å². The van der Waals surface area contributed by atoms with E-state index < -0.39 is 14.9 Å². The summed E-state index contributed by atoms with van der Waals surface area (Å²) >= 11 is 5.90. The maximum atomic E-state index is 12.5. The number of nitro groups is 1. The van der Waals surface area contributed by atoms with Crippen molar-refractivity contribution in [2.75, 3.05) is 19.6 Å². The molecule has 0 spiro atoms. The molecule has 0 aliphatic carbocycles. The minimum atomic E-state index is -3.75. The number of benzene rings is 1. The summed E-state index contributed by atoms with van der Waals surface area (Å²) in [5, 5.41) is 13.6. The van der Waals surface area contributed by atoms with Crippen molar-refractivity contribution in [1.29, 1.82) is 0 Å². The van der Waals surface area contributed by atoms with Crippen LogP contribution in [0, 0.1) is 10.1 Å². The van der Waals surface area contributed by atoms with Crippen molar-refractivity contribution in [2.45, 2.75) is 17.9 Å². The Bertz CT molecular complexity index is 635. The Balaban J connectivity index is 2.41. The quantitative estimate of drug-likeness (QED) is 0.668. The highest BCUT2D eigenvalue weighted by atomic mass is 35.5. The Morgan fingerprint density at radius 3 is 2.75 bits per heavy atom. The molecule has 1 aromatic carbocycles. The van der Waals surface area contributed by atoms with Gasteiger partial charge in [0.15, 0.2) is 0 Å². The van der Waals surface area contributed by atoms with Crippen LogP contribution in [-0.4, -0.2) is 43.3 Å². The zero-order valence-electron chi connectivity index (χ0n) is 10.7. The van der Waals surface area contributed by atoms with Gasteiger partial charge >= 0.3 is 0 Å². The molecule has 1 aliphatic rings. The van der Waals surface area contributed by atoms with E-state index in [2.05, 4.69) is 5.32 Å². The van der Waals surface area contributed by atoms with E-state index in [0.717, 1.165) is 12.1 Å². The number of sulfonamides is 1. The highest BCUT2D eigenvalue weighted by molar-refractivity contribution is 7.89. The van der Waals surface area contributed by atoms with Gasteiger partial charge in [-0.2, -0.15) is 4.31 Å². The van der Waals surface area contributed by atoms with Gasteiger partial charge in [-0.1, -0.05) is 11.6 Å². The molecule has 9 heteroatoms. The van der Waals surface area contributed by atoms with Crippen molar-refractivity contribution in [1.82, 2.24) is 9.62 Å². The molecule has 7 nitrogen and oxygen atoms in total. The second kappa shape index (κ2) is 5.65. The zero-order valence-corrected chi connectivity index (χ0v) is 12.3. The number of rotatable bonds is 3. The van der Waals surface area contributed by atoms with E-state index in [9.17, 15) is 18.5 Å². The first-order chi connectivity index (χ1) is 9.34. The van der Waals surface area contributed by atoms with Gasteiger partial charge in [-0.3, -0.25) is 10.1 Å². The molecule has 0 bridgehead atoms. The van der Waals surface area contributed by atoms with Crippen LogP contribution in [-0.2, 0) is 10.0 Å². The maximum absolute atomic E-state index is 12.5. The van der Waals surface area contributed by atoms with Crippen LogP contribution in [0.2, 0.25) is 5.02 Å². The maximum Gasteiger partial charge on any atom is 0.271 e. The lowest BCUT2D eigenvalue weighted by Gasteiger charge is -2.33. The third-order valence-corrected chi connectivity index (χ3v) is 5.65. The molecule has 0 aromatic heterocycles. The SMILES string of the molecule is CC1CNCCN1S(=O)(=O)c1ccc([N+](=O)[O-])cc1Cl. The number of nitrogens with one attached hydrogen (secondary N) is 1. The third kappa shape index (κ3) is 2.78. The molecule has 110 valence electrons. The van der Waals surface area contributed by atoms with Crippen molar-refractivity contribution in [2.24, 2.45) is 0 Å². The summed E-state index contributed by atoms with van der Waals surface area (Å²) in [6.07, 6.45) is 0. The number of hydrogen-bond acceptors (Lipinski definition) is 5. The largest absolute Gasteiger partial charge is 0.314 e. The van der Waals surface area contributed by atoms with Crippen molar-refractivity contribution < 1.29 is 13.3 Å². The number of nitro benzene ring substituents is 1. The van der Waals surface area contributed by atoms with Gasteiger partial charge < -0.3 is 5.32 Å². The highest BCUT2D eigenvalue weighted by Crippen LogP contribution is 2.29. The number of hydrogen-bond donors (Lipinski definition) is 1. The molecule has 1 heterocycles. The van der Waals surface area contributed by atoms with Crippen LogP contribution in [0.4, 0.5) is 5.69 Å². The number of halogens is 1. The second-order valence-electron chi connectivity index (χ2n) is 4.54. The smallest absolute Gasteiger partial charge is 0.271 e. The van der Waals surface area contributed by atoms with Gasteiger partial charge in [-0.05, 0) is 13.0 Å². The van der Waals surface area contributed by atoms with Gasteiger partial charge in [0, 0.05) is 37.8 Å². The first kappa shape index (κ1) is 15.2. The van der Waals surface area contributed by atoms with Crippen LogP contribution in [0.1, 0.15) is 6.92 Å². The van der Waals surface area contributed by atoms with Gasteiger partial charge in [0.1, 0.15) is 4.90 Å². The lowest BCUT2D eigenvalue weighted by molar-refractivity contribution is -0.384. The molecule has 20 heavy (non-hydrogen) atoms. The molecule has 0 saturated carbocycles. The summed E-state index contributed by atoms with van der Waals surface area (Å²) in [6, 6.07) is 3.19. The fourth-order valence-electron chi connectivity index (χ4n) is 2.12. The molecule has 1 fully saturated rings. The molecular weight excluding hydrogens is 306 g/mol. The molecule has 1 aromatic rings. The topological polar surface area (TPSA) is 92.6 Å². The van der Waals surface area contributed by atoms with E-state index in [1.165, 1.54) is 10.4 Å². The van der Waals surface area contributed by atoms with E-state index >= 15 is 0 Å². The Labute approximate surface area is 121 Å². The monoisotopic (exact) mass is 319 g/mol. The highest BCUT2D eigenvalue weighted by Gasteiger charge is 2.32. The summed E-state index contributed by atoms with van der Waals surface area (Å²) in [5.74, 6) is 0. The zero-order chi connectivity index (χ0) is 14.9. The fourth-order valence-corrected chi connectivity index (χ4v) is 4.26. The van der Waals surface area contributed by atoms with Crippen LogP contribution in [0.15, 0.2) is 23.1 Å². The van der Waals surface area contributed by atoms with Crippen LogP contribution in [0.3, 0.4) is 0 Å². The number of nitrogens with zero attached hydrogens (tertiary/aromatic N) is 2. The minimum Gasteiger partial charge on any atom is -0.314 e. The lowest BCUT2D eigenvalue weighted by atomic mass is 10.3. The van der Waals surface area contributed by atoms with Crippen LogP contribution in [0.5, 0.6) is 0 Å². The predicted molar refractivity (Wildman–Crippen MR) is 74.3 cm³/mol. The minimum absolute atomic E-state index is 0.0986.